The second-order valence-corrected chi connectivity index (χ2v) is 9.36. The number of thioether (sulfide) groups is 1. The van der Waals surface area contributed by atoms with Crippen LogP contribution in [0.15, 0.2) is 50.6 Å². The van der Waals surface area contributed by atoms with Crippen molar-refractivity contribution in [3.8, 4) is 11.3 Å². The Labute approximate surface area is 155 Å². The van der Waals surface area contributed by atoms with Crippen LogP contribution in [0.5, 0.6) is 0 Å². The molecule has 0 spiro atoms. The highest BCUT2D eigenvalue weighted by Gasteiger charge is 2.29. The predicted octanol–water partition coefficient (Wildman–Crippen LogP) is 2.99. The SMILES string of the molecule is O=S1(=O)CC[C@@H](Cc2nnc(SCc3ncc(-c4ccccc4)o3)o2)C1. The zero-order chi connectivity index (χ0) is 18.0. The van der Waals surface area contributed by atoms with E-state index in [1.807, 2.05) is 30.3 Å². The molecule has 3 aromatic rings. The Balaban J connectivity index is 1.33. The van der Waals surface area contributed by atoms with Crippen LogP contribution in [0.3, 0.4) is 0 Å². The molecule has 136 valence electrons. The largest absolute Gasteiger partial charge is 0.440 e. The minimum Gasteiger partial charge on any atom is -0.440 e. The van der Waals surface area contributed by atoms with Crippen LogP contribution in [0.1, 0.15) is 18.2 Å². The van der Waals surface area contributed by atoms with E-state index < -0.39 is 9.84 Å². The fourth-order valence-corrected chi connectivity index (χ4v) is 5.39. The molecule has 7 nitrogen and oxygen atoms in total. The molecule has 1 atom stereocenters. The number of benzene rings is 1. The molecule has 9 heteroatoms. The van der Waals surface area contributed by atoms with Gasteiger partial charge < -0.3 is 8.83 Å². The lowest BCUT2D eigenvalue weighted by Crippen LogP contribution is -2.07. The van der Waals surface area contributed by atoms with Gasteiger partial charge in [-0.15, -0.1) is 10.2 Å². The fraction of sp³-hybridized carbons (Fsp3) is 0.353. The Morgan fingerprint density at radius 2 is 1.96 bits per heavy atom. The standard InChI is InChI=1S/C17H17N3O4S2/c21-26(22)7-6-12(11-26)8-15-19-20-17(24-15)25-10-16-18-9-14(23-16)13-4-2-1-3-5-13/h1-5,9,12H,6-8,10-11H2/t12-/m0/s1. The highest BCUT2D eigenvalue weighted by atomic mass is 32.2. The zero-order valence-corrected chi connectivity index (χ0v) is 15.5. The summed E-state index contributed by atoms with van der Waals surface area (Å²) >= 11 is 1.35. The van der Waals surface area contributed by atoms with Crippen LogP contribution < -0.4 is 0 Å². The topological polar surface area (TPSA) is 99.1 Å². The molecule has 0 N–H and O–H groups in total. The van der Waals surface area contributed by atoms with Crippen molar-refractivity contribution in [1.82, 2.24) is 15.2 Å². The molecule has 0 aliphatic carbocycles. The van der Waals surface area contributed by atoms with Gasteiger partial charge in [-0.3, -0.25) is 0 Å². The second kappa shape index (κ2) is 7.24. The molecule has 1 fully saturated rings. The van der Waals surface area contributed by atoms with E-state index in [4.69, 9.17) is 8.83 Å². The minimum absolute atomic E-state index is 0.0680. The summed E-state index contributed by atoms with van der Waals surface area (Å²) in [7, 11) is -2.89. The van der Waals surface area contributed by atoms with Crippen LogP contribution in [0.2, 0.25) is 0 Å². The van der Waals surface area contributed by atoms with E-state index in [0.717, 1.165) is 11.3 Å². The quantitative estimate of drug-likeness (QED) is 0.591. The van der Waals surface area contributed by atoms with Crippen LogP contribution in [0, 0.1) is 5.92 Å². The smallest absolute Gasteiger partial charge is 0.277 e. The lowest BCUT2D eigenvalue weighted by molar-refractivity contribution is 0.389. The summed E-state index contributed by atoms with van der Waals surface area (Å²) < 4.78 is 34.4. The van der Waals surface area contributed by atoms with Crippen molar-refractivity contribution in [2.24, 2.45) is 5.92 Å². The van der Waals surface area contributed by atoms with Crippen molar-refractivity contribution >= 4 is 21.6 Å². The van der Waals surface area contributed by atoms with Gasteiger partial charge in [0.15, 0.2) is 15.6 Å². The molecule has 0 radical (unpaired) electrons. The average molecular weight is 391 g/mol. The summed E-state index contributed by atoms with van der Waals surface area (Å²) in [6, 6.07) is 9.77. The summed E-state index contributed by atoms with van der Waals surface area (Å²) in [6.07, 6.45) is 2.86. The highest BCUT2D eigenvalue weighted by Crippen LogP contribution is 2.27. The maximum atomic E-state index is 11.5. The molecule has 0 bridgehead atoms. The van der Waals surface area contributed by atoms with Gasteiger partial charge in [0.1, 0.15) is 0 Å². The Morgan fingerprint density at radius 3 is 2.73 bits per heavy atom. The fourth-order valence-electron chi connectivity index (χ4n) is 2.90. The lowest BCUT2D eigenvalue weighted by Gasteiger charge is -2.01. The molecule has 2 aromatic heterocycles. The molecule has 0 saturated carbocycles. The molecule has 1 aromatic carbocycles. The summed E-state index contributed by atoms with van der Waals surface area (Å²) in [5, 5.41) is 8.44. The number of hydrogen-bond donors (Lipinski definition) is 0. The minimum atomic E-state index is -2.89. The van der Waals surface area contributed by atoms with Crippen LogP contribution in [0.4, 0.5) is 0 Å². The first-order chi connectivity index (χ1) is 12.6. The van der Waals surface area contributed by atoms with Crippen LogP contribution in [-0.4, -0.2) is 35.1 Å². The molecular weight excluding hydrogens is 374 g/mol. The van der Waals surface area contributed by atoms with E-state index in [1.165, 1.54) is 11.8 Å². The first-order valence-electron chi connectivity index (χ1n) is 8.23. The number of nitrogens with zero attached hydrogens (tertiary/aromatic N) is 3. The van der Waals surface area contributed by atoms with Crippen LogP contribution in [0.25, 0.3) is 11.3 Å². The van der Waals surface area contributed by atoms with E-state index in [9.17, 15) is 8.42 Å². The van der Waals surface area contributed by atoms with E-state index in [-0.39, 0.29) is 17.4 Å². The predicted molar refractivity (Wildman–Crippen MR) is 96.3 cm³/mol. The van der Waals surface area contributed by atoms with Crippen molar-refractivity contribution in [3.05, 3.63) is 48.3 Å². The molecule has 0 unspecified atom stereocenters. The highest BCUT2D eigenvalue weighted by molar-refractivity contribution is 7.98. The maximum Gasteiger partial charge on any atom is 0.277 e. The molecule has 4 rings (SSSR count). The van der Waals surface area contributed by atoms with E-state index in [0.29, 0.717) is 35.6 Å². The lowest BCUT2D eigenvalue weighted by atomic mass is 10.1. The Bertz CT molecular complexity index is 982. The van der Waals surface area contributed by atoms with Crippen LogP contribution >= 0.6 is 11.8 Å². The number of rotatable bonds is 6. The zero-order valence-electron chi connectivity index (χ0n) is 13.9. The Kier molecular flexibility index (Phi) is 4.82. The van der Waals surface area contributed by atoms with Crippen molar-refractivity contribution in [1.29, 1.82) is 0 Å². The van der Waals surface area contributed by atoms with Gasteiger partial charge in [0, 0.05) is 12.0 Å². The third-order valence-electron chi connectivity index (χ3n) is 4.17. The summed E-state index contributed by atoms with van der Waals surface area (Å²) in [6.45, 7) is 0. The molecule has 1 aliphatic heterocycles. The van der Waals surface area contributed by atoms with Gasteiger partial charge in [-0.05, 0) is 12.3 Å². The van der Waals surface area contributed by atoms with E-state index in [1.54, 1.807) is 6.20 Å². The first kappa shape index (κ1) is 17.3. The van der Waals surface area contributed by atoms with Gasteiger partial charge in [0.05, 0.1) is 23.5 Å². The maximum absolute atomic E-state index is 11.5. The monoisotopic (exact) mass is 391 g/mol. The van der Waals surface area contributed by atoms with E-state index in [2.05, 4.69) is 15.2 Å². The average Bonchev–Trinajstić information content (AvgIpc) is 3.34. The Hall–Kier alpha value is -2.13. The third-order valence-corrected chi connectivity index (χ3v) is 6.81. The van der Waals surface area contributed by atoms with Crippen LogP contribution in [-0.2, 0) is 22.0 Å². The summed E-state index contributed by atoms with van der Waals surface area (Å²) in [5.74, 6) is 2.78. The molecule has 1 aliphatic rings. The third kappa shape index (κ3) is 4.16. The van der Waals surface area contributed by atoms with Gasteiger partial charge in [-0.2, -0.15) is 0 Å². The molecule has 26 heavy (non-hydrogen) atoms. The summed E-state index contributed by atoms with van der Waals surface area (Å²) in [5.41, 5.74) is 0.975. The van der Waals surface area contributed by atoms with Gasteiger partial charge in [-0.1, -0.05) is 42.1 Å². The van der Waals surface area contributed by atoms with Crippen molar-refractivity contribution < 1.29 is 17.3 Å². The summed E-state index contributed by atoms with van der Waals surface area (Å²) in [4.78, 5) is 4.27. The number of aromatic nitrogens is 3. The number of sulfone groups is 1. The van der Waals surface area contributed by atoms with Crippen molar-refractivity contribution in [2.45, 2.75) is 23.8 Å². The number of oxazole rings is 1. The van der Waals surface area contributed by atoms with Gasteiger partial charge >= 0.3 is 0 Å². The van der Waals surface area contributed by atoms with Crippen molar-refractivity contribution in [3.63, 3.8) is 0 Å². The number of hydrogen-bond acceptors (Lipinski definition) is 8. The second-order valence-electron chi connectivity index (χ2n) is 6.21. The molecule has 3 heterocycles. The van der Waals surface area contributed by atoms with E-state index >= 15 is 0 Å². The normalized spacial score (nSPS) is 19.0. The Morgan fingerprint density at radius 1 is 1.12 bits per heavy atom. The molecule has 1 saturated heterocycles. The first-order valence-corrected chi connectivity index (χ1v) is 11.0. The van der Waals surface area contributed by atoms with Crippen molar-refractivity contribution in [2.75, 3.05) is 11.5 Å². The molecular formula is C17H17N3O4S2. The van der Waals surface area contributed by atoms with Gasteiger partial charge in [0.25, 0.3) is 5.22 Å². The molecule has 0 amide bonds. The van der Waals surface area contributed by atoms with Gasteiger partial charge in [-0.25, -0.2) is 13.4 Å². The van der Waals surface area contributed by atoms with Gasteiger partial charge in [0.2, 0.25) is 11.8 Å².